The number of rotatable bonds is 6. The summed E-state index contributed by atoms with van der Waals surface area (Å²) >= 11 is 3.35. The van der Waals surface area contributed by atoms with E-state index in [-0.39, 0.29) is 11.0 Å². The third-order valence-electron chi connectivity index (χ3n) is 18.7. The van der Waals surface area contributed by atoms with Crippen molar-refractivity contribution < 1.29 is 26.3 Å². The monoisotopic (exact) mass is 1260 g/mol. The molecule has 0 amide bonds. The SMILES string of the molecule is CC(C)(C)Cc1cccc(-c2c(-n3c4ccccc4c4ccc5c6ccccc6sc5c43)c(-n3c4ccccc4c4cc(C(F)(F)F)ccc43)c(C#N)c(-n3c4ccccc4c4cc(C(F)(F)F)ccc43)c2-n2c3ccccc3c3ccc4c5ccccc5sc4c32)c1. The zero-order valence-electron chi connectivity index (χ0n) is 50.0. The van der Waals surface area contributed by atoms with Crippen molar-refractivity contribution in [2.24, 2.45) is 5.41 Å². The zero-order valence-corrected chi connectivity index (χ0v) is 51.6. The van der Waals surface area contributed by atoms with Gasteiger partial charge in [0.15, 0.2) is 0 Å². The van der Waals surface area contributed by atoms with Gasteiger partial charge >= 0.3 is 12.4 Å². The van der Waals surface area contributed by atoms with E-state index < -0.39 is 23.5 Å². The summed E-state index contributed by atoms with van der Waals surface area (Å²) in [7, 11) is 0. The lowest BCUT2D eigenvalue weighted by molar-refractivity contribution is -0.138. The molecule has 18 rings (SSSR count). The Morgan fingerprint density at radius 2 is 0.731 bits per heavy atom. The van der Waals surface area contributed by atoms with Gasteiger partial charge < -0.3 is 18.3 Å². The largest absolute Gasteiger partial charge is 0.416 e. The first-order valence-electron chi connectivity index (χ1n) is 30.6. The van der Waals surface area contributed by atoms with Crippen LogP contribution < -0.4 is 0 Å². The first kappa shape index (κ1) is 55.2. The molecule has 0 atom stereocenters. The topological polar surface area (TPSA) is 43.5 Å². The van der Waals surface area contributed by atoms with Gasteiger partial charge in [-0.15, -0.1) is 22.7 Å². The number of para-hydroxylation sites is 4. The molecule has 5 nitrogen and oxygen atoms in total. The van der Waals surface area contributed by atoms with Crippen molar-refractivity contribution in [3.8, 4) is 39.9 Å². The van der Waals surface area contributed by atoms with Crippen LogP contribution in [0.15, 0.2) is 231 Å². The molecule has 0 aliphatic heterocycles. The van der Waals surface area contributed by atoms with E-state index in [1.807, 2.05) is 106 Å². The van der Waals surface area contributed by atoms with Gasteiger partial charge in [-0.05, 0) is 95.8 Å². The van der Waals surface area contributed by atoms with Crippen LogP contribution >= 0.6 is 22.7 Å². The molecule has 0 unspecified atom stereocenters. The summed E-state index contributed by atoms with van der Waals surface area (Å²) in [6.07, 6.45) is -8.74. The lowest BCUT2D eigenvalue weighted by Crippen LogP contribution is -2.16. The highest BCUT2D eigenvalue weighted by atomic mass is 32.1. The maximum absolute atomic E-state index is 15.3. The maximum atomic E-state index is 15.3. The van der Waals surface area contributed by atoms with Crippen molar-refractivity contribution >= 4 is 150 Å². The molecule has 13 heteroatoms. The number of hydrogen-bond donors (Lipinski definition) is 0. The summed E-state index contributed by atoms with van der Waals surface area (Å²) < 4.78 is 104. The number of halogens is 6. The lowest BCUT2D eigenvalue weighted by atomic mass is 9.86. The number of aromatic nitrogens is 4. The molecule has 0 spiro atoms. The lowest BCUT2D eigenvalue weighted by Gasteiger charge is -2.30. The molecule has 93 heavy (non-hydrogen) atoms. The number of hydrogen-bond acceptors (Lipinski definition) is 3. The molecule has 18 aromatic rings. The average molecular weight is 1260 g/mol. The smallest absolute Gasteiger partial charge is 0.306 e. The van der Waals surface area contributed by atoms with Gasteiger partial charge in [0.1, 0.15) is 11.6 Å². The van der Waals surface area contributed by atoms with Crippen LogP contribution in [0.25, 0.3) is 161 Å². The molecule has 0 aliphatic carbocycles. The Hall–Kier alpha value is -10.7. The Kier molecular flexibility index (Phi) is 11.7. The van der Waals surface area contributed by atoms with E-state index in [0.29, 0.717) is 78.3 Å². The Morgan fingerprint density at radius 3 is 1.15 bits per heavy atom. The second kappa shape index (κ2) is 19.7. The molecule has 6 heterocycles. The predicted molar refractivity (Wildman–Crippen MR) is 373 cm³/mol. The van der Waals surface area contributed by atoms with E-state index in [9.17, 15) is 5.26 Å². The van der Waals surface area contributed by atoms with Crippen molar-refractivity contribution in [3.63, 3.8) is 0 Å². The summed E-state index contributed by atoms with van der Waals surface area (Å²) in [5, 5.41) is 22.9. The van der Waals surface area contributed by atoms with E-state index in [4.69, 9.17) is 0 Å². The van der Waals surface area contributed by atoms with Crippen LogP contribution in [-0.4, -0.2) is 18.3 Å². The number of nitriles is 1. The molecular formula is C80H49F6N5S2. The Morgan fingerprint density at radius 1 is 0.355 bits per heavy atom. The highest BCUT2D eigenvalue weighted by Gasteiger charge is 2.38. The van der Waals surface area contributed by atoms with E-state index in [2.05, 4.69) is 133 Å². The van der Waals surface area contributed by atoms with Crippen LogP contribution in [0.5, 0.6) is 0 Å². The van der Waals surface area contributed by atoms with Crippen LogP contribution in [0.1, 0.15) is 43.0 Å². The van der Waals surface area contributed by atoms with E-state index in [0.717, 1.165) is 107 Å². The minimum Gasteiger partial charge on any atom is -0.306 e. The normalized spacial score (nSPS) is 12.8. The summed E-state index contributed by atoms with van der Waals surface area (Å²) in [6.45, 7) is 6.61. The number of alkyl halides is 6. The van der Waals surface area contributed by atoms with Crippen molar-refractivity contribution in [2.75, 3.05) is 0 Å². The van der Waals surface area contributed by atoms with Crippen LogP contribution in [0.3, 0.4) is 0 Å². The zero-order chi connectivity index (χ0) is 63.1. The van der Waals surface area contributed by atoms with Gasteiger partial charge in [0.25, 0.3) is 0 Å². The van der Waals surface area contributed by atoms with E-state index in [1.54, 1.807) is 22.7 Å². The summed E-state index contributed by atoms with van der Waals surface area (Å²) in [6, 6.07) is 75.9. The molecule has 0 N–H and O–H groups in total. The molecule has 6 aromatic heterocycles. The van der Waals surface area contributed by atoms with Gasteiger partial charge in [-0.2, -0.15) is 31.6 Å². The fourth-order valence-corrected chi connectivity index (χ4v) is 17.6. The van der Waals surface area contributed by atoms with Crippen molar-refractivity contribution in [2.45, 2.75) is 39.5 Å². The maximum Gasteiger partial charge on any atom is 0.416 e. The fraction of sp³-hybridized carbons (Fsp3) is 0.0875. The Balaban J connectivity index is 1.20. The van der Waals surface area contributed by atoms with Crippen LogP contribution in [0.4, 0.5) is 26.3 Å². The molecule has 0 saturated heterocycles. The molecule has 0 fully saturated rings. The molecule has 0 aliphatic rings. The first-order valence-corrected chi connectivity index (χ1v) is 32.3. The van der Waals surface area contributed by atoms with E-state index >= 15 is 26.3 Å². The molecule has 448 valence electrons. The van der Waals surface area contributed by atoms with Gasteiger partial charge in [0, 0.05) is 79.6 Å². The fourth-order valence-electron chi connectivity index (χ4n) is 15.1. The number of benzene rings is 12. The van der Waals surface area contributed by atoms with Crippen molar-refractivity contribution in [3.05, 3.63) is 253 Å². The van der Waals surface area contributed by atoms with Gasteiger partial charge in [-0.3, -0.25) is 0 Å². The number of thiophene rings is 2. The second-order valence-electron chi connectivity index (χ2n) is 25.4. The predicted octanol–water partition coefficient (Wildman–Crippen LogP) is 24.0. The third-order valence-corrected chi connectivity index (χ3v) is 21.1. The van der Waals surface area contributed by atoms with Gasteiger partial charge in [-0.25, -0.2) is 0 Å². The Bertz CT molecular complexity index is 5980. The molecule has 12 aromatic carbocycles. The van der Waals surface area contributed by atoms with Gasteiger partial charge in [-0.1, -0.05) is 178 Å². The highest BCUT2D eigenvalue weighted by Crippen LogP contribution is 2.55. The summed E-state index contributed by atoms with van der Waals surface area (Å²) in [5.41, 5.74) is 7.73. The van der Waals surface area contributed by atoms with Gasteiger partial charge in [0.05, 0.1) is 87.4 Å². The van der Waals surface area contributed by atoms with Crippen molar-refractivity contribution in [1.29, 1.82) is 5.26 Å². The standard InChI is InChI=1S/C80H49F6N5S2/c1-78(2,3)42-44-17-16-18-45(39-44)69-74(90-63-27-12-4-19-48(63)54-33-35-56-52-23-8-14-29-67(52)92-76(56)72(54)90)70(88-61-25-10-6-21-50(61)58-40-46(79(81,82)83)31-37-65(58)88)60(43-87)71(89-62-26-11-7-22-51(62)59-41-47(80(84,85)86)32-38-66(59)89)75(69)91-64-28-13-5-20-49(64)55-34-36-57-53-24-9-15-30-68(53)93-77(57)73(55)91/h4-41H,42H2,1-3H3. The second-order valence-corrected chi connectivity index (χ2v) is 27.5. The highest BCUT2D eigenvalue weighted by molar-refractivity contribution is 7.27. The minimum atomic E-state index is -4.70. The number of fused-ring (bicyclic) bond motifs is 20. The molecule has 0 radical (unpaired) electrons. The van der Waals surface area contributed by atoms with E-state index in [1.165, 1.54) is 24.3 Å². The average Bonchev–Trinajstić information content (AvgIpc) is 1.57. The number of nitrogens with zero attached hydrogens (tertiary/aromatic N) is 5. The molecule has 0 bridgehead atoms. The Labute approximate surface area is 534 Å². The minimum absolute atomic E-state index is 0.114. The van der Waals surface area contributed by atoms with Crippen molar-refractivity contribution in [1.82, 2.24) is 18.3 Å². The quantitative estimate of drug-likeness (QED) is 0.153. The third kappa shape index (κ3) is 8.04. The first-order chi connectivity index (χ1) is 45.0. The summed E-state index contributed by atoms with van der Waals surface area (Å²) in [4.78, 5) is 0. The molecule has 0 saturated carbocycles. The van der Waals surface area contributed by atoms with Crippen LogP contribution in [0.2, 0.25) is 0 Å². The van der Waals surface area contributed by atoms with Crippen LogP contribution in [-0.2, 0) is 18.8 Å². The van der Waals surface area contributed by atoms with Gasteiger partial charge in [0.2, 0.25) is 0 Å². The molecular weight excluding hydrogens is 1210 g/mol. The summed E-state index contributed by atoms with van der Waals surface area (Å²) in [5.74, 6) is 0. The van der Waals surface area contributed by atoms with Crippen LogP contribution in [0, 0.1) is 16.7 Å².